The second-order valence-electron chi connectivity index (χ2n) is 10.1. The van der Waals surface area contributed by atoms with Gasteiger partial charge >= 0.3 is 6.18 Å². The summed E-state index contributed by atoms with van der Waals surface area (Å²) in [5, 5.41) is 19.4. The molecule has 206 valence electrons. The standard InChI is InChI=1S/C28H26F3N7O2/c29-28(30,31)25-6-3-5-20(33-25)14-32-27(39)24-15-38(37-36-24)10-2-1-4-19-12-22-23(35-34-19)13-21(17-7-8-17)26(22)18-9-11-40-16-18/h3,5-6,9,11-12,15-17H,1-2,4,7-8,10,13-14H2,(H,32,39). The predicted octanol–water partition coefficient (Wildman–Crippen LogP) is 4.80. The second kappa shape index (κ2) is 10.7. The minimum absolute atomic E-state index is 0.0847. The molecule has 0 bridgehead atoms. The molecule has 4 aromatic rings. The van der Waals surface area contributed by atoms with Gasteiger partial charge in [-0.05, 0) is 67.9 Å². The first kappa shape index (κ1) is 25.9. The van der Waals surface area contributed by atoms with Crippen molar-refractivity contribution in [1.29, 1.82) is 0 Å². The Morgan fingerprint density at radius 1 is 1.10 bits per heavy atom. The number of amides is 1. The van der Waals surface area contributed by atoms with Crippen LogP contribution in [0.1, 0.15) is 70.1 Å². The summed E-state index contributed by atoms with van der Waals surface area (Å²) in [5.41, 5.74) is 6.08. The van der Waals surface area contributed by atoms with E-state index in [0.29, 0.717) is 12.5 Å². The topological polar surface area (TPSA) is 112 Å². The lowest BCUT2D eigenvalue weighted by Crippen LogP contribution is -2.24. The van der Waals surface area contributed by atoms with Gasteiger partial charge in [0.05, 0.1) is 42.3 Å². The average molecular weight is 550 g/mol. The predicted molar refractivity (Wildman–Crippen MR) is 137 cm³/mol. The molecule has 4 aromatic heterocycles. The summed E-state index contributed by atoms with van der Waals surface area (Å²) in [6.07, 6.45) is 6.16. The van der Waals surface area contributed by atoms with Crippen LogP contribution in [0.3, 0.4) is 0 Å². The molecule has 9 nitrogen and oxygen atoms in total. The molecule has 40 heavy (non-hydrogen) atoms. The first-order valence-electron chi connectivity index (χ1n) is 13.2. The number of pyridine rings is 1. The zero-order chi connectivity index (χ0) is 27.7. The Balaban J connectivity index is 1.01. The summed E-state index contributed by atoms with van der Waals surface area (Å²) in [7, 11) is 0. The smallest absolute Gasteiger partial charge is 0.433 e. The third kappa shape index (κ3) is 5.65. The maximum atomic E-state index is 12.8. The molecule has 0 aliphatic heterocycles. The first-order valence-corrected chi connectivity index (χ1v) is 13.2. The number of halogens is 3. The largest absolute Gasteiger partial charge is 0.472 e. The Morgan fingerprint density at radius 3 is 2.75 bits per heavy atom. The third-order valence-electron chi connectivity index (χ3n) is 7.12. The van der Waals surface area contributed by atoms with Gasteiger partial charge in [0.25, 0.3) is 5.91 Å². The van der Waals surface area contributed by atoms with Crippen LogP contribution in [-0.4, -0.2) is 36.1 Å². The molecule has 0 spiro atoms. The van der Waals surface area contributed by atoms with E-state index in [9.17, 15) is 18.0 Å². The number of carbonyl (C=O) groups is 1. The van der Waals surface area contributed by atoms with E-state index in [0.717, 1.165) is 54.3 Å². The molecular weight excluding hydrogens is 523 g/mol. The van der Waals surface area contributed by atoms with Crippen LogP contribution in [0.2, 0.25) is 0 Å². The van der Waals surface area contributed by atoms with Gasteiger partial charge in [0.15, 0.2) is 5.69 Å². The van der Waals surface area contributed by atoms with E-state index < -0.39 is 17.8 Å². The van der Waals surface area contributed by atoms with E-state index in [4.69, 9.17) is 4.42 Å². The number of aromatic nitrogens is 6. The van der Waals surface area contributed by atoms with Crippen LogP contribution in [0.15, 0.2) is 59.0 Å². The highest BCUT2D eigenvalue weighted by Crippen LogP contribution is 2.48. The normalized spacial score (nSPS) is 15.0. The number of allylic oxidation sites excluding steroid dienone is 1. The van der Waals surface area contributed by atoms with Gasteiger partial charge in [-0.1, -0.05) is 16.9 Å². The zero-order valence-corrected chi connectivity index (χ0v) is 21.5. The van der Waals surface area contributed by atoms with Gasteiger partial charge in [-0.25, -0.2) is 4.98 Å². The molecule has 0 radical (unpaired) electrons. The molecule has 1 saturated carbocycles. The van der Waals surface area contributed by atoms with E-state index in [-0.39, 0.29) is 17.9 Å². The van der Waals surface area contributed by atoms with Crippen LogP contribution < -0.4 is 5.32 Å². The van der Waals surface area contributed by atoms with Gasteiger partial charge < -0.3 is 9.73 Å². The summed E-state index contributed by atoms with van der Waals surface area (Å²) in [5.74, 6) is 0.0976. The minimum atomic E-state index is -4.55. The number of unbranched alkanes of at least 4 members (excludes halogenated alkanes) is 1. The molecule has 6 rings (SSSR count). The lowest BCUT2D eigenvalue weighted by molar-refractivity contribution is -0.141. The van der Waals surface area contributed by atoms with Crippen LogP contribution in [0, 0.1) is 5.92 Å². The minimum Gasteiger partial charge on any atom is -0.472 e. The third-order valence-corrected chi connectivity index (χ3v) is 7.12. The molecule has 12 heteroatoms. The summed E-state index contributed by atoms with van der Waals surface area (Å²) in [6.45, 7) is 0.400. The van der Waals surface area contributed by atoms with Gasteiger partial charge in [0, 0.05) is 24.1 Å². The van der Waals surface area contributed by atoms with Gasteiger partial charge in [-0.2, -0.15) is 23.4 Å². The lowest BCUT2D eigenvalue weighted by atomic mass is 9.98. The van der Waals surface area contributed by atoms with Gasteiger partial charge in [-0.15, -0.1) is 5.10 Å². The number of nitrogens with zero attached hydrogens (tertiary/aromatic N) is 6. The van der Waals surface area contributed by atoms with Gasteiger partial charge in [0.1, 0.15) is 5.69 Å². The highest BCUT2D eigenvalue weighted by molar-refractivity contribution is 5.91. The van der Waals surface area contributed by atoms with E-state index in [1.807, 2.05) is 6.07 Å². The monoisotopic (exact) mass is 549 g/mol. The van der Waals surface area contributed by atoms with Gasteiger partial charge in [0.2, 0.25) is 0 Å². The van der Waals surface area contributed by atoms with Crippen molar-refractivity contribution in [2.24, 2.45) is 5.92 Å². The van der Waals surface area contributed by atoms with Crippen LogP contribution >= 0.6 is 0 Å². The maximum absolute atomic E-state index is 12.8. The van der Waals surface area contributed by atoms with Crippen LogP contribution in [0.4, 0.5) is 13.2 Å². The molecule has 0 atom stereocenters. The summed E-state index contributed by atoms with van der Waals surface area (Å²) in [4.78, 5) is 15.9. The Morgan fingerprint density at radius 2 is 1.98 bits per heavy atom. The van der Waals surface area contributed by atoms with Crippen molar-refractivity contribution >= 4 is 11.5 Å². The SMILES string of the molecule is O=C(NCc1cccc(C(F)(F)F)n1)c1cn(CCCCc2cc3c(nn2)CC(C2CC2)=C3c2ccoc2)nn1. The van der Waals surface area contributed by atoms with Crippen LogP contribution in [-0.2, 0) is 32.1 Å². The van der Waals surface area contributed by atoms with Crippen LogP contribution in [0.5, 0.6) is 0 Å². The highest BCUT2D eigenvalue weighted by atomic mass is 19.4. The number of hydrogen-bond donors (Lipinski definition) is 1. The fraction of sp³-hybridized carbons (Fsp3) is 0.357. The van der Waals surface area contributed by atoms with Crippen LogP contribution in [0.25, 0.3) is 5.57 Å². The van der Waals surface area contributed by atoms with Crippen molar-refractivity contribution < 1.29 is 22.4 Å². The number of nitrogens with one attached hydrogen (secondary N) is 1. The Kier molecular flexibility index (Phi) is 6.91. The fourth-order valence-corrected chi connectivity index (χ4v) is 4.99. The van der Waals surface area contributed by atoms with Crippen molar-refractivity contribution in [1.82, 2.24) is 35.5 Å². The van der Waals surface area contributed by atoms with E-state index in [2.05, 4.69) is 36.9 Å². The highest BCUT2D eigenvalue weighted by Gasteiger charge is 2.35. The van der Waals surface area contributed by atoms with E-state index in [1.165, 1.54) is 42.3 Å². The molecular formula is C28H26F3N7O2. The molecule has 0 saturated heterocycles. The number of fused-ring (bicyclic) bond motifs is 1. The number of rotatable bonds is 10. The molecule has 1 fully saturated rings. The molecule has 2 aliphatic carbocycles. The Labute approximate surface area is 227 Å². The molecule has 0 aromatic carbocycles. The van der Waals surface area contributed by atoms with Gasteiger partial charge in [-0.3, -0.25) is 9.48 Å². The van der Waals surface area contributed by atoms with Crippen molar-refractivity contribution in [3.63, 3.8) is 0 Å². The number of furan rings is 1. The fourth-order valence-electron chi connectivity index (χ4n) is 4.99. The second-order valence-corrected chi connectivity index (χ2v) is 10.1. The Bertz CT molecular complexity index is 1560. The quantitative estimate of drug-likeness (QED) is 0.283. The lowest BCUT2D eigenvalue weighted by Gasteiger charge is -2.08. The number of hydrogen-bond acceptors (Lipinski definition) is 7. The van der Waals surface area contributed by atoms with Crippen molar-refractivity contribution in [2.45, 2.75) is 57.8 Å². The average Bonchev–Trinajstić information content (AvgIpc) is 3.30. The summed E-state index contributed by atoms with van der Waals surface area (Å²) >= 11 is 0. The summed E-state index contributed by atoms with van der Waals surface area (Å²) < 4.78 is 45.5. The zero-order valence-electron chi connectivity index (χ0n) is 21.5. The molecule has 1 N–H and O–H groups in total. The molecule has 2 aliphatic rings. The first-order chi connectivity index (χ1) is 19.3. The van der Waals surface area contributed by atoms with E-state index in [1.54, 1.807) is 17.2 Å². The van der Waals surface area contributed by atoms with E-state index >= 15 is 0 Å². The number of carbonyl (C=O) groups excluding carboxylic acids is 1. The maximum Gasteiger partial charge on any atom is 0.433 e. The number of aryl methyl sites for hydroxylation is 2. The van der Waals surface area contributed by atoms with Crippen molar-refractivity contribution in [2.75, 3.05) is 0 Å². The molecule has 4 heterocycles. The summed E-state index contributed by atoms with van der Waals surface area (Å²) in [6, 6.07) is 7.70. The van der Waals surface area contributed by atoms with Crippen molar-refractivity contribution in [3.8, 4) is 0 Å². The van der Waals surface area contributed by atoms with Crippen molar-refractivity contribution in [3.05, 3.63) is 94.2 Å². The number of alkyl halides is 3. The molecule has 0 unspecified atom stereocenters. The molecule has 1 amide bonds. The Hall–Kier alpha value is -4.35.